The Hall–Kier alpha value is -2.11. The van der Waals surface area contributed by atoms with Gasteiger partial charge in [-0.25, -0.2) is 4.68 Å². The Balaban J connectivity index is 2.43. The van der Waals surface area contributed by atoms with E-state index in [4.69, 9.17) is 10.5 Å². The second kappa shape index (κ2) is 5.26. The summed E-state index contributed by atoms with van der Waals surface area (Å²) >= 11 is 0. The number of rotatable bonds is 4. The molecule has 1 aromatic carbocycles. The molecule has 2 N–H and O–H groups in total. The Kier molecular flexibility index (Phi) is 3.69. The molecule has 0 saturated heterocycles. The van der Waals surface area contributed by atoms with Gasteiger partial charge in [-0.15, -0.1) is 5.10 Å². The molecular formula is C13H19N5O. The van der Waals surface area contributed by atoms with E-state index in [1.54, 1.807) is 7.11 Å². The zero-order valence-electron chi connectivity index (χ0n) is 11.7. The van der Waals surface area contributed by atoms with Crippen LogP contribution in [0.25, 0.3) is 11.4 Å². The van der Waals surface area contributed by atoms with Crippen molar-refractivity contribution in [3.63, 3.8) is 0 Å². The van der Waals surface area contributed by atoms with Gasteiger partial charge in [0.25, 0.3) is 0 Å². The number of nitrogens with zero attached hydrogens (tertiary/aromatic N) is 4. The summed E-state index contributed by atoms with van der Waals surface area (Å²) in [6, 6.07) is 5.77. The first kappa shape index (κ1) is 13.3. The van der Waals surface area contributed by atoms with Crippen LogP contribution in [0.4, 0.5) is 5.69 Å². The zero-order valence-corrected chi connectivity index (χ0v) is 11.7. The van der Waals surface area contributed by atoms with Crippen LogP contribution in [-0.4, -0.2) is 27.3 Å². The average molecular weight is 261 g/mol. The third kappa shape index (κ3) is 2.52. The fraction of sp³-hybridized carbons (Fsp3) is 0.462. The molecule has 2 rings (SSSR count). The van der Waals surface area contributed by atoms with Crippen LogP contribution in [0.2, 0.25) is 0 Å². The van der Waals surface area contributed by atoms with Gasteiger partial charge >= 0.3 is 0 Å². The summed E-state index contributed by atoms with van der Waals surface area (Å²) in [5.41, 5.74) is 7.38. The normalized spacial score (nSPS) is 12.7. The van der Waals surface area contributed by atoms with Crippen LogP contribution in [0.15, 0.2) is 18.2 Å². The minimum Gasteiger partial charge on any atom is -0.495 e. The van der Waals surface area contributed by atoms with Crippen LogP contribution in [0.5, 0.6) is 5.75 Å². The standard InChI is InChI=1S/C13H19N5O/c1-8(2)9(3)18-13(15-16-17-18)10-5-6-12(19-4)11(14)7-10/h5-9H,14H2,1-4H3. The number of nitrogen functional groups attached to an aromatic ring is 1. The first-order chi connectivity index (χ1) is 9.04. The summed E-state index contributed by atoms with van der Waals surface area (Å²) in [5.74, 6) is 1.81. The Labute approximate surface area is 112 Å². The molecule has 6 heteroatoms. The molecule has 102 valence electrons. The fourth-order valence-electron chi connectivity index (χ4n) is 1.81. The van der Waals surface area contributed by atoms with Gasteiger partial charge in [0.1, 0.15) is 5.75 Å². The van der Waals surface area contributed by atoms with Gasteiger partial charge in [-0.1, -0.05) is 13.8 Å². The summed E-state index contributed by atoms with van der Waals surface area (Å²) in [4.78, 5) is 0. The number of tetrazole rings is 1. The summed E-state index contributed by atoms with van der Waals surface area (Å²) in [7, 11) is 1.59. The molecular weight excluding hydrogens is 242 g/mol. The van der Waals surface area contributed by atoms with Crippen molar-refractivity contribution >= 4 is 5.69 Å². The second-order valence-electron chi connectivity index (χ2n) is 4.89. The van der Waals surface area contributed by atoms with Gasteiger partial charge in [0.05, 0.1) is 18.8 Å². The van der Waals surface area contributed by atoms with Gasteiger partial charge in [-0.2, -0.15) is 0 Å². The van der Waals surface area contributed by atoms with Crippen LogP contribution in [-0.2, 0) is 0 Å². The molecule has 6 nitrogen and oxygen atoms in total. The number of benzene rings is 1. The fourth-order valence-corrected chi connectivity index (χ4v) is 1.81. The van der Waals surface area contributed by atoms with Crippen molar-refractivity contribution in [2.75, 3.05) is 12.8 Å². The van der Waals surface area contributed by atoms with Crippen LogP contribution < -0.4 is 10.5 Å². The minimum atomic E-state index is 0.216. The highest BCUT2D eigenvalue weighted by molar-refractivity contribution is 5.66. The SMILES string of the molecule is COc1ccc(-c2nnnn2C(C)C(C)C)cc1N. The average Bonchev–Trinajstić information content (AvgIpc) is 2.86. The highest BCUT2D eigenvalue weighted by Crippen LogP contribution is 2.29. The van der Waals surface area contributed by atoms with E-state index in [1.807, 2.05) is 22.9 Å². The van der Waals surface area contributed by atoms with Crippen molar-refractivity contribution in [2.24, 2.45) is 5.92 Å². The number of nitrogens with two attached hydrogens (primary N) is 1. The molecule has 0 aliphatic rings. The Bertz CT molecular complexity index is 564. The first-order valence-corrected chi connectivity index (χ1v) is 6.26. The third-order valence-electron chi connectivity index (χ3n) is 3.33. The topological polar surface area (TPSA) is 78.9 Å². The van der Waals surface area contributed by atoms with E-state index < -0.39 is 0 Å². The molecule has 2 aromatic rings. The lowest BCUT2D eigenvalue weighted by molar-refractivity contribution is 0.371. The van der Waals surface area contributed by atoms with E-state index in [0.717, 1.165) is 11.4 Å². The molecule has 0 bridgehead atoms. The van der Waals surface area contributed by atoms with Gasteiger partial charge in [-0.05, 0) is 41.5 Å². The molecule has 0 aliphatic carbocycles. The summed E-state index contributed by atoms with van der Waals surface area (Å²) < 4.78 is 6.98. The molecule has 0 spiro atoms. The maximum atomic E-state index is 5.92. The number of anilines is 1. The molecule has 1 heterocycles. The van der Waals surface area contributed by atoms with E-state index in [1.165, 1.54) is 0 Å². The lowest BCUT2D eigenvalue weighted by Crippen LogP contribution is -2.14. The van der Waals surface area contributed by atoms with E-state index in [2.05, 4.69) is 36.3 Å². The van der Waals surface area contributed by atoms with Crippen LogP contribution in [0.3, 0.4) is 0 Å². The molecule has 0 fully saturated rings. The van der Waals surface area contributed by atoms with E-state index >= 15 is 0 Å². The van der Waals surface area contributed by atoms with Gasteiger partial charge in [0.15, 0.2) is 5.82 Å². The maximum Gasteiger partial charge on any atom is 0.182 e. The number of aromatic nitrogens is 4. The van der Waals surface area contributed by atoms with Crippen molar-refractivity contribution in [1.29, 1.82) is 0 Å². The van der Waals surface area contributed by atoms with Crippen molar-refractivity contribution < 1.29 is 4.74 Å². The smallest absolute Gasteiger partial charge is 0.182 e. The van der Waals surface area contributed by atoms with E-state index in [-0.39, 0.29) is 6.04 Å². The van der Waals surface area contributed by atoms with Crippen molar-refractivity contribution in [3.8, 4) is 17.1 Å². The maximum absolute atomic E-state index is 5.92. The second-order valence-corrected chi connectivity index (χ2v) is 4.89. The molecule has 0 aliphatic heterocycles. The van der Waals surface area contributed by atoms with Gasteiger partial charge in [0, 0.05) is 5.56 Å². The first-order valence-electron chi connectivity index (χ1n) is 6.26. The Morgan fingerprint density at radius 3 is 2.58 bits per heavy atom. The van der Waals surface area contributed by atoms with Gasteiger partial charge in [-0.3, -0.25) is 0 Å². The lowest BCUT2D eigenvalue weighted by atomic mass is 10.1. The summed E-state index contributed by atoms with van der Waals surface area (Å²) in [6.07, 6.45) is 0. The van der Waals surface area contributed by atoms with E-state index in [9.17, 15) is 0 Å². The van der Waals surface area contributed by atoms with Crippen LogP contribution >= 0.6 is 0 Å². The van der Waals surface area contributed by atoms with Crippen LogP contribution in [0.1, 0.15) is 26.8 Å². The van der Waals surface area contributed by atoms with Gasteiger partial charge in [0.2, 0.25) is 0 Å². The summed E-state index contributed by atoms with van der Waals surface area (Å²) in [6.45, 7) is 6.37. The highest BCUT2D eigenvalue weighted by atomic mass is 16.5. The lowest BCUT2D eigenvalue weighted by Gasteiger charge is -2.17. The summed E-state index contributed by atoms with van der Waals surface area (Å²) in [5, 5.41) is 11.9. The Morgan fingerprint density at radius 1 is 1.26 bits per heavy atom. The molecule has 0 saturated carbocycles. The molecule has 1 aromatic heterocycles. The number of hydrogen-bond acceptors (Lipinski definition) is 5. The zero-order chi connectivity index (χ0) is 14.0. The van der Waals surface area contributed by atoms with Crippen molar-refractivity contribution in [3.05, 3.63) is 18.2 Å². The van der Waals surface area contributed by atoms with Crippen LogP contribution in [0, 0.1) is 5.92 Å². The number of ether oxygens (including phenoxy) is 1. The quantitative estimate of drug-likeness (QED) is 0.853. The number of hydrogen-bond donors (Lipinski definition) is 1. The molecule has 0 radical (unpaired) electrons. The molecule has 1 atom stereocenters. The van der Waals surface area contributed by atoms with Crippen molar-refractivity contribution in [1.82, 2.24) is 20.2 Å². The molecule has 1 unspecified atom stereocenters. The molecule has 0 amide bonds. The molecule has 19 heavy (non-hydrogen) atoms. The van der Waals surface area contributed by atoms with Gasteiger partial charge < -0.3 is 10.5 Å². The predicted molar refractivity (Wildman–Crippen MR) is 73.8 cm³/mol. The monoisotopic (exact) mass is 261 g/mol. The number of methoxy groups -OCH3 is 1. The largest absolute Gasteiger partial charge is 0.495 e. The van der Waals surface area contributed by atoms with Crippen molar-refractivity contribution in [2.45, 2.75) is 26.8 Å². The Morgan fingerprint density at radius 2 is 2.00 bits per heavy atom. The highest BCUT2D eigenvalue weighted by Gasteiger charge is 2.17. The minimum absolute atomic E-state index is 0.216. The predicted octanol–water partition coefficient (Wildman–Crippen LogP) is 2.15. The van der Waals surface area contributed by atoms with E-state index in [0.29, 0.717) is 17.4 Å². The third-order valence-corrected chi connectivity index (χ3v) is 3.33.